The van der Waals surface area contributed by atoms with Crippen molar-refractivity contribution in [3.05, 3.63) is 33.3 Å². The molecular weight excluding hydrogens is 314 g/mol. The molecular formula is C14H17BrClNO. The first-order valence-corrected chi connectivity index (χ1v) is 7.35. The molecule has 2 nitrogen and oxygen atoms in total. The molecule has 1 fully saturated rings. The minimum absolute atomic E-state index is 0.135. The fraction of sp³-hybridized carbons (Fsp3) is 0.500. The van der Waals surface area contributed by atoms with Crippen molar-refractivity contribution in [3.63, 3.8) is 0 Å². The Labute approximate surface area is 121 Å². The van der Waals surface area contributed by atoms with Gasteiger partial charge in [-0.25, -0.2) is 0 Å². The third kappa shape index (κ3) is 2.72. The van der Waals surface area contributed by atoms with Gasteiger partial charge >= 0.3 is 0 Å². The number of halogens is 2. The number of hydrogen-bond acceptors (Lipinski definition) is 1. The van der Waals surface area contributed by atoms with Crippen molar-refractivity contribution < 1.29 is 4.79 Å². The molecule has 1 aliphatic rings. The van der Waals surface area contributed by atoms with E-state index in [1.807, 2.05) is 18.2 Å². The van der Waals surface area contributed by atoms with E-state index in [2.05, 4.69) is 35.1 Å². The second-order valence-corrected chi connectivity index (χ2v) is 6.56. The van der Waals surface area contributed by atoms with Crippen LogP contribution in [0.1, 0.15) is 32.3 Å². The highest BCUT2D eigenvalue weighted by Crippen LogP contribution is 2.34. The summed E-state index contributed by atoms with van der Waals surface area (Å²) in [7, 11) is 0. The maximum atomic E-state index is 11.6. The topological polar surface area (TPSA) is 29.1 Å². The predicted molar refractivity (Wildman–Crippen MR) is 77.8 cm³/mol. The van der Waals surface area contributed by atoms with E-state index in [4.69, 9.17) is 11.6 Å². The first-order chi connectivity index (χ1) is 8.43. The Bertz CT molecular complexity index is 475. The van der Waals surface area contributed by atoms with Crippen LogP contribution in [0.4, 0.5) is 0 Å². The van der Waals surface area contributed by atoms with E-state index in [0.29, 0.717) is 12.3 Å². The summed E-state index contributed by atoms with van der Waals surface area (Å²) in [5.74, 6) is 0.552. The Kier molecular flexibility index (Phi) is 4.02. The van der Waals surface area contributed by atoms with Gasteiger partial charge in [0.15, 0.2) is 0 Å². The Morgan fingerprint density at radius 2 is 2.22 bits per heavy atom. The third-order valence-electron chi connectivity index (χ3n) is 3.81. The van der Waals surface area contributed by atoms with Gasteiger partial charge in [0.1, 0.15) is 0 Å². The standard InChI is InChI=1S/C14H17BrClNO/c1-9(2)14(6-5-13(18)17-14)8-10-7-11(16)3-4-12(10)15/h3-4,7,9H,5-6,8H2,1-2H3,(H,17,18). The summed E-state index contributed by atoms with van der Waals surface area (Å²) in [6.45, 7) is 4.31. The van der Waals surface area contributed by atoms with Gasteiger partial charge in [0.05, 0.1) is 0 Å². The largest absolute Gasteiger partial charge is 0.350 e. The number of carbonyl (C=O) groups is 1. The number of hydrogen-bond donors (Lipinski definition) is 1. The maximum Gasteiger partial charge on any atom is 0.220 e. The van der Waals surface area contributed by atoms with Crippen LogP contribution < -0.4 is 5.32 Å². The highest BCUT2D eigenvalue weighted by atomic mass is 79.9. The van der Waals surface area contributed by atoms with E-state index in [9.17, 15) is 4.79 Å². The molecule has 0 bridgehead atoms. The maximum absolute atomic E-state index is 11.6. The Hall–Kier alpha value is -0.540. The van der Waals surface area contributed by atoms with Crippen molar-refractivity contribution in [2.24, 2.45) is 5.92 Å². The molecule has 0 radical (unpaired) electrons. The van der Waals surface area contributed by atoms with E-state index in [1.165, 1.54) is 0 Å². The van der Waals surface area contributed by atoms with Gasteiger partial charge in [-0.3, -0.25) is 4.79 Å². The van der Waals surface area contributed by atoms with Crippen molar-refractivity contribution >= 4 is 33.4 Å². The zero-order chi connectivity index (χ0) is 13.3. The summed E-state index contributed by atoms with van der Waals surface area (Å²) >= 11 is 9.60. The molecule has 1 aromatic rings. The van der Waals surface area contributed by atoms with Crippen molar-refractivity contribution in [3.8, 4) is 0 Å². The normalized spacial score (nSPS) is 23.5. The monoisotopic (exact) mass is 329 g/mol. The Morgan fingerprint density at radius 1 is 1.50 bits per heavy atom. The van der Waals surface area contributed by atoms with E-state index >= 15 is 0 Å². The SMILES string of the molecule is CC(C)C1(Cc2cc(Cl)ccc2Br)CCC(=O)N1. The molecule has 1 saturated heterocycles. The van der Waals surface area contributed by atoms with Gasteiger partial charge in [0.2, 0.25) is 5.91 Å². The van der Waals surface area contributed by atoms with E-state index in [1.54, 1.807) is 0 Å². The molecule has 1 amide bonds. The molecule has 1 heterocycles. The highest BCUT2D eigenvalue weighted by Gasteiger charge is 2.40. The molecule has 1 unspecified atom stereocenters. The summed E-state index contributed by atoms with van der Waals surface area (Å²) in [5.41, 5.74) is 1.02. The minimum atomic E-state index is -0.135. The molecule has 0 spiro atoms. The number of benzene rings is 1. The van der Waals surface area contributed by atoms with Crippen molar-refractivity contribution in [2.75, 3.05) is 0 Å². The average Bonchev–Trinajstić information content (AvgIpc) is 2.67. The van der Waals surface area contributed by atoms with Crippen molar-refractivity contribution in [2.45, 2.75) is 38.6 Å². The Morgan fingerprint density at radius 3 is 2.78 bits per heavy atom. The van der Waals surface area contributed by atoms with Crippen LogP contribution >= 0.6 is 27.5 Å². The highest BCUT2D eigenvalue weighted by molar-refractivity contribution is 9.10. The summed E-state index contributed by atoms with van der Waals surface area (Å²) in [4.78, 5) is 11.6. The van der Waals surface area contributed by atoms with Crippen LogP contribution in [0, 0.1) is 5.92 Å². The molecule has 1 atom stereocenters. The molecule has 1 aromatic carbocycles. The van der Waals surface area contributed by atoms with Crippen molar-refractivity contribution in [1.82, 2.24) is 5.32 Å². The summed E-state index contributed by atoms with van der Waals surface area (Å²) in [6.07, 6.45) is 2.33. The molecule has 1 N–H and O–H groups in total. The van der Waals surface area contributed by atoms with Crippen LogP contribution in [0.25, 0.3) is 0 Å². The number of carbonyl (C=O) groups excluding carboxylic acids is 1. The van der Waals surface area contributed by atoms with Gasteiger partial charge in [0, 0.05) is 21.5 Å². The number of nitrogens with one attached hydrogen (secondary N) is 1. The van der Waals surface area contributed by atoms with Crippen molar-refractivity contribution in [1.29, 1.82) is 0 Å². The molecule has 1 aliphatic heterocycles. The van der Waals surface area contributed by atoms with Crippen LogP contribution in [0.2, 0.25) is 5.02 Å². The van der Waals surface area contributed by atoms with Crippen LogP contribution in [0.15, 0.2) is 22.7 Å². The number of rotatable bonds is 3. The summed E-state index contributed by atoms with van der Waals surface area (Å²) in [5, 5.41) is 3.89. The van der Waals surface area contributed by atoms with Gasteiger partial charge in [-0.15, -0.1) is 0 Å². The van der Waals surface area contributed by atoms with E-state index in [0.717, 1.165) is 27.9 Å². The first kappa shape index (κ1) is 13.9. The zero-order valence-corrected chi connectivity index (χ0v) is 12.9. The van der Waals surface area contributed by atoms with Gasteiger partial charge in [-0.2, -0.15) is 0 Å². The average molecular weight is 331 g/mol. The molecule has 0 saturated carbocycles. The van der Waals surface area contributed by atoms with Crippen LogP contribution in [-0.2, 0) is 11.2 Å². The van der Waals surface area contributed by atoms with Gasteiger partial charge in [0.25, 0.3) is 0 Å². The molecule has 98 valence electrons. The fourth-order valence-electron chi connectivity index (χ4n) is 2.53. The molecule has 18 heavy (non-hydrogen) atoms. The van der Waals surface area contributed by atoms with Gasteiger partial charge in [-0.1, -0.05) is 41.4 Å². The van der Waals surface area contributed by atoms with Crippen LogP contribution in [0.3, 0.4) is 0 Å². The molecule has 0 aromatic heterocycles. The summed E-state index contributed by atoms with van der Waals surface area (Å²) in [6, 6.07) is 5.80. The molecule has 0 aliphatic carbocycles. The smallest absolute Gasteiger partial charge is 0.220 e. The van der Waals surface area contributed by atoms with Gasteiger partial charge in [-0.05, 0) is 42.5 Å². The second kappa shape index (κ2) is 5.22. The molecule has 2 rings (SSSR count). The fourth-order valence-corrected chi connectivity index (χ4v) is 3.11. The number of amides is 1. The van der Waals surface area contributed by atoms with E-state index < -0.39 is 0 Å². The van der Waals surface area contributed by atoms with Gasteiger partial charge < -0.3 is 5.32 Å². The zero-order valence-electron chi connectivity index (χ0n) is 10.6. The van der Waals surface area contributed by atoms with Crippen LogP contribution in [0.5, 0.6) is 0 Å². The minimum Gasteiger partial charge on any atom is -0.350 e. The first-order valence-electron chi connectivity index (χ1n) is 6.18. The predicted octanol–water partition coefficient (Wildman–Crippen LogP) is 3.95. The lowest BCUT2D eigenvalue weighted by molar-refractivity contribution is -0.120. The second-order valence-electron chi connectivity index (χ2n) is 5.27. The summed E-state index contributed by atoms with van der Waals surface area (Å²) < 4.78 is 1.05. The Balaban J connectivity index is 2.30. The lowest BCUT2D eigenvalue weighted by Gasteiger charge is -2.34. The lowest BCUT2D eigenvalue weighted by atomic mass is 9.80. The van der Waals surface area contributed by atoms with Crippen LogP contribution in [-0.4, -0.2) is 11.4 Å². The third-order valence-corrected chi connectivity index (χ3v) is 4.81. The van der Waals surface area contributed by atoms with E-state index in [-0.39, 0.29) is 11.4 Å². The molecule has 4 heteroatoms. The lowest BCUT2D eigenvalue weighted by Crippen LogP contribution is -2.48. The quantitative estimate of drug-likeness (QED) is 0.893.